The van der Waals surface area contributed by atoms with Gasteiger partial charge in [0, 0.05) is 7.11 Å². The highest BCUT2D eigenvalue weighted by molar-refractivity contribution is 7.14. The Balaban J connectivity index is 1.94. The summed E-state index contributed by atoms with van der Waals surface area (Å²) < 4.78 is 11.3. The zero-order valence-corrected chi connectivity index (χ0v) is 13.3. The summed E-state index contributed by atoms with van der Waals surface area (Å²) in [5.74, 6) is 1.16. The van der Waals surface area contributed by atoms with Crippen LogP contribution in [0, 0.1) is 6.92 Å². The van der Waals surface area contributed by atoms with Gasteiger partial charge in [-0.25, -0.2) is 0 Å². The minimum absolute atomic E-state index is 0.403. The zero-order chi connectivity index (χ0) is 14.9. The van der Waals surface area contributed by atoms with E-state index >= 15 is 0 Å². The summed E-state index contributed by atoms with van der Waals surface area (Å²) in [6.07, 6.45) is 6.65. The molecule has 0 unspecified atom stereocenters. The summed E-state index contributed by atoms with van der Waals surface area (Å²) >= 11 is 1.54. The molecule has 2 N–H and O–H groups in total. The Bertz CT molecular complexity index is 612. The van der Waals surface area contributed by atoms with Crippen molar-refractivity contribution in [3.05, 3.63) is 16.8 Å². The van der Waals surface area contributed by atoms with Crippen LogP contribution in [-0.4, -0.2) is 17.3 Å². The maximum atomic E-state index is 6.06. The van der Waals surface area contributed by atoms with Crippen molar-refractivity contribution in [2.45, 2.75) is 51.0 Å². The van der Waals surface area contributed by atoms with Gasteiger partial charge < -0.3 is 15.0 Å². The molecule has 0 aliphatic heterocycles. The molecule has 1 fully saturated rings. The molecule has 0 spiro atoms. The van der Waals surface area contributed by atoms with Crippen molar-refractivity contribution >= 4 is 17.0 Å². The predicted octanol–water partition coefficient (Wildman–Crippen LogP) is 3.88. The smallest absolute Gasteiger partial charge is 0.270 e. The SMILES string of the molecule is COC1(c2noc(-c3scc(C)c3N)n2)CCCCCC1. The largest absolute Gasteiger partial charge is 0.397 e. The molecular weight excluding hydrogens is 286 g/mol. The Kier molecular flexibility index (Phi) is 3.99. The summed E-state index contributed by atoms with van der Waals surface area (Å²) in [7, 11) is 1.74. The van der Waals surface area contributed by atoms with Crippen LogP contribution < -0.4 is 5.73 Å². The van der Waals surface area contributed by atoms with Crippen LogP contribution in [0.5, 0.6) is 0 Å². The summed E-state index contributed by atoms with van der Waals surface area (Å²) in [6, 6.07) is 0. The van der Waals surface area contributed by atoms with E-state index in [4.69, 9.17) is 15.0 Å². The Hall–Kier alpha value is -1.40. The van der Waals surface area contributed by atoms with Crippen molar-refractivity contribution in [3.8, 4) is 10.8 Å². The lowest BCUT2D eigenvalue weighted by Crippen LogP contribution is -2.29. The number of rotatable bonds is 3. The fraction of sp³-hybridized carbons (Fsp3) is 0.600. The van der Waals surface area contributed by atoms with Crippen molar-refractivity contribution < 1.29 is 9.26 Å². The fourth-order valence-corrected chi connectivity index (χ4v) is 3.83. The Morgan fingerprint density at radius 1 is 1.29 bits per heavy atom. The second-order valence-electron chi connectivity index (χ2n) is 5.70. The zero-order valence-electron chi connectivity index (χ0n) is 12.5. The monoisotopic (exact) mass is 307 g/mol. The molecule has 5 nitrogen and oxygen atoms in total. The van der Waals surface area contributed by atoms with Crippen LogP contribution in [0.2, 0.25) is 0 Å². The molecule has 1 saturated carbocycles. The van der Waals surface area contributed by atoms with Crippen LogP contribution in [0.25, 0.3) is 10.8 Å². The minimum atomic E-state index is -0.403. The molecule has 6 heteroatoms. The van der Waals surface area contributed by atoms with E-state index in [1.54, 1.807) is 7.11 Å². The molecule has 0 atom stereocenters. The molecule has 1 aliphatic carbocycles. The van der Waals surface area contributed by atoms with E-state index in [-0.39, 0.29) is 0 Å². The van der Waals surface area contributed by atoms with Crippen LogP contribution in [0.15, 0.2) is 9.90 Å². The average Bonchev–Trinajstić information content (AvgIpc) is 3.01. The van der Waals surface area contributed by atoms with Gasteiger partial charge in [0.15, 0.2) is 0 Å². The topological polar surface area (TPSA) is 74.2 Å². The van der Waals surface area contributed by atoms with Gasteiger partial charge in [0.2, 0.25) is 5.82 Å². The molecule has 2 aromatic heterocycles. The first-order chi connectivity index (χ1) is 10.2. The lowest BCUT2D eigenvalue weighted by atomic mass is 9.93. The number of nitrogens with two attached hydrogens (primary N) is 1. The van der Waals surface area contributed by atoms with Crippen molar-refractivity contribution in [2.75, 3.05) is 12.8 Å². The van der Waals surface area contributed by atoms with Gasteiger partial charge in [-0.1, -0.05) is 30.8 Å². The van der Waals surface area contributed by atoms with Gasteiger partial charge in [-0.15, -0.1) is 11.3 Å². The lowest BCUT2D eigenvalue weighted by molar-refractivity contribution is -0.0365. The first-order valence-electron chi connectivity index (χ1n) is 7.39. The first kappa shape index (κ1) is 14.5. The molecular formula is C15H21N3O2S. The van der Waals surface area contributed by atoms with Gasteiger partial charge >= 0.3 is 0 Å². The number of anilines is 1. The molecule has 2 aromatic rings. The molecule has 0 radical (unpaired) electrons. The number of methoxy groups -OCH3 is 1. The number of aryl methyl sites for hydroxylation is 1. The van der Waals surface area contributed by atoms with E-state index in [0.717, 1.165) is 41.8 Å². The maximum Gasteiger partial charge on any atom is 0.270 e. The average molecular weight is 307 g/mol. The molecule has 1 aliphatic rings. The lowest BCUT2D eigenvalue weighted by Gasteiger charge is -2.27. The molecule has 0 aromatic carbocycles. The second-order valence-corrected chi connectivity index (χ2v) is 6.58. The maximum absolute atomic E-state index is 6.06. The summed E-state index contributed by atoms with van der Waals surface area (Å²) in [5, 5.41) is 6.20. The van der Waals surface area contributed by atoms with Crippen LogP contribution in [0.3, 0.4) is 0 Å². The molecule has 2 heterocycles. The Labute approximate surface area is 128 Å². The van der Waals surface area contributed by atoms with Gasteiger partial charge in [-0.05, 0) is 30.7 Å². The number of hydrogen-bond acceptors (Lipinski definition) is 6. The van der Waals surface area contributed by atoms with Gasteiger partial charge in [0.25, 0.3) is 5.89 Å². The third-order valence-electron chi connectivity index (χ3n) is 4.35. The number of ether oxygens (including phenoxy) is 1. The van der Waals surface area contributed by atoms with Crippen LogP contribution >= 0.6 is 11.3 Å². The van der Waals surface area contributed by atoms with Gasteiger partial charge in [0.05, 0.1) is 5.69 Å². The highest BCUT2D eigenvalue weighted by atomic mass is 32.1. The summed E-state index contributed by atoms with van der Waals surface area (Å²) in [6.45, 7) is 1.98. The third-order valence-corrected chi connectivity index (χ3v) is 5.45. The number of thiophene rings is 1. The molecule has 0 bridgehead atoms. The molecule has 21 heavy (non-hydrogen) atoms. The highest BCUT2D eigenvalue weighted by Gasteiger charge is 2.38. The predicted molar refractivity (Wildman–Crippen MR) is 83.1 cm³/mol. The van der Waals surface area contributed by atoms with Gasteiger partial charge in [-0.3, -0.25) is 0 Å². The van der Waals surface area contributed by atoms with E-state index < -0.39 is 5.60 Å². The van der Waals surface area contributed by atoms with Crippen molar-refractivity contribution in [1.29, 1.82) is 0 Å². The number of nitrogen functional groups attached to an aromatic ring is 1. The Morgan fingerprint density at radius 2 is 2.00 bits per heavy atom. The normalized spacial score (nSPS) is 18.6. The van der Waals surface area contributed by atoms with E-state index in [1.165, 1.54) is 24.2 Å². The summed E-state index contributed by atoms with van der Waals surface area (Å²) in [5.41, 5.74) is 7.43. The van der Waals surface area contributed by atoms with Crippen molar-refractivity contribution in [3.63, 3.8) is 0 Å². The van der Waals surface area contributed by atoms with Crippen molar-refractivity contribution in [1.82, 2.24) is 10.1 Å². The van der Waals surface area contributed by atoms with E-state index in [2.05, 4.69) is 10.1 Å². The molecule has 0 amide bonds. The fourth-order valence-electron chi connectivity index (χ4n) is 2.94. The van der Waals surface area contributed by atoms with Crippen LogP contribution in [-0.2, 0) is 10.3 Å². The molecule has 114 valence electrons. The molecule has 3 rings (SSSR count). The Morgan fingerprint density at radius 3 is 2.57 bits per heavy atom. The van der Waals surface area contributed by atoms with Gasteiger partial charge in [-0.2, -0.15) is 4.98 Å². The standard InChI is InChI=1S/C15H21N3O2S/c1-10-9-21-12(11(10)16)13-17-14(18-20-13)15(19-2)7-5-3-4-6-8-15/h9H,3-8,16H2,1-2H3. The number of aromatic nitrogens is 2. The minimum Gasteiger partial charge on any atom is -0.397 e. The number of nitrogens with zero attached hydrogens (tertiary/aromatic N) is 2. The van der Waals surface area contributed by atoms with E-state index in [0.29, 0.717) is 11.7 Å². The second kappa shape index (κ2) is 5.77. The first-order valence-corrected chi connectivity index (χ1v) is 8.27. The van der Waals surface area contributed by atoms with E-state index in [9.17, 15) is 0 Å². The quantitative estimate of drug-likeness (QED) is 0.871. The number of hydrogen-bond donors (Lipinski definition) is 1. The van der Waals surface area contributed by atoms with Crippen molar-refractivity contribution in [2.24, 2.45) is 0 Å². The van der Waals surface area contributed by atoms with Gasteiger partial charge in [0.1, 0.15) is 10.5 Å². The molecule has 0 saturated heterocycles. The highest BCUT2D eigenvalue weighted by Crippen LogP contribution is 2.40. The van der Waals surface area contributed by atoms with Crippen LogP contribution in [0.4, 0.5) is 5.69 Å². The van der Waals surface area contributed by atoms with E-state index in [1.807, 2.05) is 12.3 Å². The third kappa shape index (κ3) is 2.58. The summed E-state index contributed by atoms with van der Waals surface area (Å²) in [4.78, 5) is 5.44. The van der Waals surface area contributed by atoms with Crippen LogP contribution in [0.1, 0.15) is 49.9 Å².